The number of carbonyl (C=O) groups is 1. The van der Waals surface area contributed by atoms with Crippen LogP contribution in [0.1, 0.15) is 40.0 Å². The van der Waals surface area contributed by atoms with E-state index in [-0.39, 0.29) is 5.91 Å². The Morgan fingerprint density at radius 3 is 2.67 bits per heavy atom. The summed E-state index contributed by atoms with van der Waals surface area (Å²) in [4.78, 5) is 13.2. The molecule has 0 atom stereocenters. The topological polar surface area (TPSA) is 20.3 Å². The van der Waals surface area contributed by atoms with Gasteiger partial charge in [0.25, 0.3) is 0 Å². The number of nitrogens with zero attached hydrogens (tertiary/aromatic N) is 1. The average Bonchev–Trinajstić information content (AvgIpc) is 2.05. The van der Waals surface area contributed by atoms with E-state index in [2.05, 4.69) is 6.92 Å². The van der Waals surface area contributed by atoms with Crippen LogP contribution in [-0.2, 0) is 4.79 Å². The Hall–Kier alpha value is -0.790. The number of allylic oxidation sites excluding steroid dienone is 1. The normalized spacial score (nSPS) is 18.5. The highest BCUT2D eigenvalue weighted by Crippen LogP contribution is 2.19. The Labute approximate surface area is 74.2 Å². The average molecular weight is 167 g/mol. The molecule has 0 bridgehead atoms. The van der Waals surface area contributed by atoms with Crippen LogP contribution in [0.4, 0.5) is 0 Å². The van der Waals surface area contributed by atoms with Gasteiger partial charge in [-0.25, -0.2) is 0 Å². The Balaban J connectivity index is 2.75. The third-order valence-corrected chi connectivity index (χ3v) is 2.28. The lowest BCUT2D eigenvalue weighted by Crippen LogP contribution is -2.34. The maximum Gasteiger partial charge on any atom is 0.227 e. The van der Waals surface area contributed by atoms with Gasteiger partial charge in [0.1, 0.15) is 0 Å². The van der Waals surface area contributed by atoms with Crippen molar-refractivity contribution in [1.29, 1.82) is 0 Å². The highest BCUT2D eigenvalue weighted by Gasteiger charge is 2.19. The second-order valence-electron chi connectivity index (χ2n) is 3.54. The first kappa shape index (κ1) is 9.30. The van der Waals surface area contributed by atoms with E-state index in [0.29, 0.717) is 12.5 Å². The summed E-state index contributed by atoms with van der Waals surface area (Å²) >= 11 is 0. The Morgan fingerprint density at radius 2 is 2.17 bits per heavy atom. The lowest BCUT2D eigenvalue weighted by atomic mass is 10.0. The summed E-state index contributed by atoms with van der Waals surface area (Å²) < 4.78 is 0. The molecule has 2 nitrogen and oxygen atoms in total. The van der Waals surface area contributed by atoms with Crippen LogP contribution in [0, 0.1) is 0 Å². The van der Waals surface area contributed by atoms with E-state index in [1.165, 1.54) is 5.57 Å². The van der Waals surface area contributed by atoms with Gasteiger partial charge in [-0.3, -0.25) is 4.79 Å². The van der Waals surface area contributed by atoms with Gasteiger partial charge in [-0.1, -0.05) is 12.5 Å². The molecule has 1 rings (SSSR count). The third kappa shape index (κ3) is 1.87. The first-order valence-corrected chi connectivity index (χ1v) is 4.66. The summed E-state index contributed by atoms with van der Waals surface area (Å²) in [6.45, 7) is 6.24. The molecule has 0 saturated heterocycles. The Bertz CT molecular complexity index is 206. The van der Waals surface area contributed by atoms with Gasteiger partial charge in [0.15, 0.2) is 0 Å². The molecule has 0 N–H and O–H groups in total. The summed E-state index contributed by atoms with van der Waals surface area (Å²) in [7, 11) is 0. The molecule has 1 aliphatic heterocycles. The molecule has 0 spiro atoms. The number of rotatable bonds is 2. The monoisotopic (exact) mass is 167 g/mol. The van der Waals surface area contributed by atoms with Crippen molar-refractivity contribution in [3.05, 3.63) is 11.8 Å². The molecule has 0 radical (unpaired) electrons. The molecule has 1 heterocycles. The first-order chi connectivity index (χ1) is 5.65. The molecule has 0 unspecified atom stereocenters. The molecule has 0 aromatic heterocycles. The SMILES string of the molecule is CCC1=CN(C(C)C)C(=O)CC1. The quantitative estimate of drug-likeness (QED) is 0.618. The molecule has 0 aromatic carbocycles. The molecule has 1 aliphatic rings. The highest BCUT2D eigenvalue weighted by atomic mass is 16.2. The lowest BCUT2D eigenvalue weighted by Gasteiger charge is -2.28. The molecule has 1 amide bonds. The fourth-order valence-corrected chi connectivity index (χ4v) is 1.43. The van der Waals surface area contributed by atoms with Crippen molar-refractivity contribution in [2.45, 2.75) is 46.1 Å². The maximum atomic E-state index is 11.4. The molecule has 0 aromatic rings. The molecular weight excluding hydrogens is 150 g/mol. The molecule has 68 valence electrons. The van der Waals surface area contributed by atoms with Gasteiger partial charge in [0, 0.05) is 18.7 Å². The second-order valence-corrected chi connectivity index (χ2v) is 3.54. The molecule has 0 fully saturated rings. The van der Waals surface area contributed by atoms with Crippen molar-refractivity contribution in [2.24, 2.45) is 0 Å². The highest BCUT2D eigenvalue weighted by molar-refractivity contribution is 5.79. The van der Waals surface area contributed by atoms with Crippen molar-refractivity contribution in [3.8, 4) is 0 Å². The van der Waals surface area contributed by atoms with Crippen LogP contribution in [0.2, 0.25) is 0 Å². The zero-order chi connectivity index (χ0) is 9.14. The van der Waals surface area contributed by atoms with E-state index in [1.54, 1.807) is 0 Å². The molecular formula is C10H17NO. The first-order valence-electron chi connectivity index (χ1n) is 4.66. The summed E-state index contributed by atoms with van der Waals surface area (Å²) in [6, 6.07) is 0.305. The molecule has 2 heteroatoms. The van der Waals surface area contributed by atoms with Gasteiger partial charge >= 0.3 is 0 Å². The van der Waals surface area contributed by atoms with Gasteiger partial charge in [-0.05, 0) is 26.7 Å². The molecule has 0 aliphatic carbocycles. The van der Waals surface area contributed by atoms with Gasteiger partial charge in [-0.2, -0.15) is 0 Å². The third-order valence-electron chi connectivity index (χ3n) is 2.28. The minimum Gasteiger partial charge on any atom is -0.317 e. The van der Waals surface area contributed by atoms with Crippen LogP contribution in [0.5, 0.6) is 0 Å². The zero-order valence-corrected chi connectivity index (χ0v) is 8.13. The maximum absolute atomic E-state index is 11.4. The standard InChI is InChI=1S/C10H17NO/c1-4-9-5-6-10(12)11(7-9)8(2)3/h7-8H,4-6H2,1-3H3. The fraction of sp³-hybridized carbons (Fsp3) is 0.700. The Morgan fingerprint density at radius 1 is 1.50 bits per heavy atom. The van der Waals surface area contributed by atoms with E-state index in [9.17, 15) is 4.79 Å². The van der Waals surface area contributed by atoms with Crippen molar-refractivity contribution in [1.82, 2.24) is 4.90 Å². The van der Waals surface area contributed by atoms with Crippen molar-refractivity contribution < 1.29 is 4.79 Å². The van der Waals surface area contributed by atoms with Gasteiger partial charge in [0.2, 0.25) is 5.91 Å². The van der Waals surface area contributed by atoms with Crippen LogP contribution in [0.3, 0.4) is 0 Å². The lowest BCUT2D eigenvalue weighted by molar-refractivity contribution is -0.130. The van der Waals surface area contributed by atoms with Gasteiger partial charge < -0.3 is 4.90 Å². The Kier molecular flexibility index (Phi) is 2.90. The van der Waals surface area contributed by atoms with Crippen LogP contribution >= 0.6 is 0 Å². The smallest absolute Gasteiger partial charge is 0.227 e. The number of amides is 1. The van der Waals surface area contributed by atoms with E-state index in [0.717, 1.165) is 12.8 Å². The molecule has 0 saturated carbocycles. The second kappa shape index (κ2) is 3.74. The van der Waals surface area contributed by atoms with Crippen molar-refractivity contribution >= 4 is 5.91 Å². The summed E-state index contributed by atoms with van der Waals surface area (Å²) in [5, 5.41) is 0. The number of hydrogen-bond donors (Lipinski definition) is 0. The van der Waals surface area contributed by atoms with Crippen LogP contribution in [0.25, 0.3) is 0 Å². The van der Waals surface area contributed by atoms with E-state index >= 15 is 0 Å². The van der Waals surface area contributed by atoms with Gasteiger partial charge in [-0.15, -0.1) is 0 Å². The van der Waals surface area contributed by atoms with Gasteiger partial charge in [0.05, 0.1) is 0 Å². The van der Waals surface area contributed by atoms with E-state index in [4.69, 9.17) is 0 Å². The van der Waals surface area contributed by atoms with Crippen LogP contribution < -0.4 is 0 Å². The summed E-state index contributed by atoms with van der Waals surface area (Å²) in [5.41, 5.74) is 1.39. The predicted molar refractivity (Wildman–Crippen MR) is 49.6 cm³/mol. The van der Waals surface area contributed by atoms with Crippen molar-refractivity contribution in [3.63, 3.8) is 0 Å². The fourth-order valence-electron chi connectivity index (χ4n) is 1.43. The predicted octanol–water partition coefficient (Wildman–Crippen LogP) is 2.31. The molecule has 12 heavy (non-hydrogen) atoms. The summed E-state index contributed by atoms with van der Waals surface area (Å²) in [5.74, 6) is 0.266. The minimum atomic E-state index is 0.266. The number of hydrogen-bond acceptors (Lipinski definition) is 1. The number of carbonyl (C=O) groups excluding carboxylic acids is 1. The van der Waals surface area contributed by atoms with E-state index < -0.39 is 0 Å². The van der Waals surface area contributed by atoms with Crippen LogP contribution in [-0.4, -0.2) is 16.8 Å². The van der Waals surface area contributed by atoms with E-state index in [1.807, 2.05) is 24.9 Å². The summed E-state index contributed by atoms with van der Waals surface area (Å²) in [6.07, 6.45) is 4.74. The largest absolute Gasteiger partial charge is 0.317 e. The minimum absolute atomic E-state index is 0.266. The zero-order valence-electron chi connectivity index (χ0n) is 8.13. The van der Waals surface area contributed by atoms with Crippen LogP contribution in [0.15, 0.2) is 11.8 Å². The van der Waals surface area contributed by atoms with Crippen molar-refractivity contribution in [2.75, 3.05) is 0 Å².